The Kier molecular flexibility index (Phi) is 5.61. The lowest BCUT2D eigenvalue weighted by Gasteiger charge is -2.14. The Morgan fingerprint density at radius 3 is 2.14 bits per heavy atom. The first-order valence-corrected chi connectivity index (χ1v) is 8.47. The maximum atomic E-state index is 12.3. The quantitative estimate of drug-likeness (QED) is 0.657. The van der Waals surface area contributed by atoms with E-state index in [0.717, 1.165) is 11.1 Å². The van der Waals surface area contributed by atoms with Crippen LogP contribution in [0.4, 0.5) is 0 Å². The van der Waals surface area contributed by atoms with E-state index in [1.165, 1.54) is 17.9 Å². The molecule has 0 amide bonds. The average Bonchev–Trinajstić information content (AvgIpc) is 2.74. The van der Waals surface area contributed by atoms with Gasteiger partial charge in [0.1, 0.15) is 0 Å². The number of benzene rings is 2. The SMILES string of the molecule is COc1cc(-c2ccc(=O)n(Cc3ccc(C#N)cc3)n2)cc(OC)c1OC. The van der Waals surface area contributed by atoms with Gasteiger partial charge < -0.3 is 14.2 Å². The lowest BCUT2D eigenvalue weighted by molar-refractivity contribution is 0.324. The van der Waals surface area contributed by atoms with Gasteiger partial charge in [0.15, 0.2) is 11.5 Å². The molecule has 3 rings (SSSR count). The third kappa shape index (κ3) is 3.81. The fourth-order valence-corrected chi connectivity index (χ4v) is 2.80. The molecule has 1 aromatic heterocycles. The standard InChI is InChI=1S/C21H19N3O4/c1-26-18-10-16(11-19(27-2)21(18)28-3)17-8-9-20(25)24(23-17)13-15-6-4-14(12-22)5-7-15/h4-11H,13H2,1-3H3. The van der Waals surface area contributed by atoms with Crippen LogP contribution < -0.4 is 19.8 Å². The molecule has 0 saturated carbocycles. The summed E-state index contributed by atoms with van der Waals surface area (Å²) in [5, 5.41) is 13.4. The highest BCUT2D eigenvalue weighted by Crippen LogP contribution is 2.40. The third-order valence-electron chi connectivity index (χ3n) is 4.24. The summed E-state index contributed by atoms with van der Waals surface area (Å²) in [4.78, 5) is 12.3. The maximum Gasteiger partial charge on any atom is 0.267 e. The molecule has 0 aliphatic heterocycles. The molecule has 7 heteroatoms. The molecule has 142 valence electrons. The largest absolute Gasteiger partial charge is 0.493 e. The van der Waals surface area contributed by atoms with E-state index < -0.39 is 0 Å². The average molecular weight is 377 g/mol. The molecule has 0 fully saturated rings. The van der Waals surface area contributed by atoms with Gasteiger partial charge in [-0.1, -0.05) is 12.1 Å². The highest BCUT2D eigenvalue weighted by atomic mass is 16.5. The lowest BCUT2D eigenvalue weighted by Crippen LogP contribution is -2.22. The van der Waals surface area contributed by atoms with Crippen molar-refractivity contribution in [3.63, 3.8) is 0 Å². The lowest BCUT2D eigenvalue weighted by atomic mass is 10.1. The van der Waals surface area contributed by atoms with Crippen LogP contribution in [0.5, 0.6) is 17.2 Å². The molecule has 0 unspecified atom stereocenters. The van der Waals surface area contributed by atoms with Crippen molar-refractivity contribution in [2.45, 2.75) is 6.54 Å². The molecule has 0 aliphatic rings. The van der Waals surface area contributed by atoms with E-state index in [-0.39, 0.29) is 5.56 Å². The Hall–Kier alpha value is -3.79. The Morgan fingerprint density at radius 2 is 1.61 bits per heavy atom. The minimum Gasteiger partial charge on any atom is -0.493 e. The van der Waals surface area contributed by atoms with Crippen LogP contribution in [-0.2, 0) is 6.54 Å². The molecule has 0 radical (unpaired) electrons. The van der Waals surface area contributed by atoms with Crippen molar-refractivity contribution >= 4 is 0 Å². The zero-order valence-electron chi connectivity index (χ0n) is 15.8. The maximum absolute atomic E-state index is 12.3. The van der Waals surface area contributed by atoms with Crippen molar-refractivity contribution in [1.29, 1.82) is 5.26 Å². The van der Waals surface area contributed by atoms with Crippen LogP contribution in [0.1, 0.15) is 11.1 Å². The van der Waals surface area contributed by atoms with E-state index in [1.807, 2.05) is 0 Å². The highest BCUT2D eigenvalue weighted by Gasteiger charge is 2.15. The van der Waals surface area contributed by atoms with Crippen molar-refractivity contribution in [1.82, 2.24) is 9.78 Å². The van der Waals surface area contributed by atoms with E-state index in [4.69, 9.17) is 19.5 Å². The number of hydrogen-bond acceptors (Lipinski definition) is 6. The summed E-state index contributed by atoms with van der Waals surface area (Å²) in [6.45, 7) is 0.294. The van der Waals surface area contributed by atoms with E-state index in [0.29, 0.717) is 35.1 Å². The molecule has 0 N–H and O–H groups in total. The minimum atomic E-state index is -0.222. The summed E-state index contributed by atoms with van der Waals surface area (Å²) in [6.07, 6.45) is 0. The molecule has 0 saturated heterocycles. The summed E-state index contributed by atoms with van der Waals surface area (Å²) in [7, 11) is 4.62. The normalized spacial score (nSPS) is 10.2. The van der Waals surface area contributed by atoms with Crippen LogP contribution in [0.25, 0.3) is 11.3 Å². The van der Waals surface area contributed by atoms with Crippen LogP contribution in [0, 0.1) is 11.3 Å². The number of nitriles is 1. The monoisotopic (exact) mass is 377 g/mol. The zero-order chi connectivity index (χ0) is 20.1. The van der Waals surface area contributed by atoms with Crippen molar-refractivity contribution < 1.29 is 14.2 Å². The minimum absolute atomic E-state index is 0.222. The first kappa shape index (κ1) is 19.0. The number of ether oxygens (including phenoxy) is 3. The number of rotatable bonds is 6. The third-order valence-corrected chi connectivity index (χ3v) is 4.24. The van der Waals surface area contributed by atoms with Crippen LogP contribution in [0.2, 0.25) is 0 Å². The van der Waals surface area contributed by atoms with Crippen LogP contribution in [0.15, 0.2) is 53.3 Å². The summed E-state index contributed by atoms with van der Waals surface area (Å²) in [6, 6.07) is 15.8. The fourth-order valence-electron chi connectivity index (χ4n) is 2.80. The van der Waals surface area contributed by atoms with Gasteiger partial charge in [-0.25, -0.2) is 4.68 Å². The van der Waals surface area contributed by atoms with Crippen molar-refractivity contribution in [3.8, 4) is 34.6 Å². The van der Waals surface area contributed by atoms with E-state index in [2.05, 4.69) is 11.2 Å². The summed E-state index contributed by atoms with van der Waals surface area (Å²) in [5.74, 6) is 1.49. The van der Waals surface area contributed by atoms with Gasteiger partial charge in [-0.2, -0.15) is 10.4 Å². The van der Waals surface area contributed by atoms with Crippen molar-refractivity contribution in [3.05, 3.63) is 70.0 Å². The van der Waals surface area contributed by atoms with E-state index >= 15 is 0 Å². The smallest absolute Gasteiger partial charge is 0.267 e. The van der Waals surface area contributed by atoms with Gasteiger partial charge in [0.05, 0.1) is 45.2 Å². The first-order valence-electron chi connectivity index (χ1n) is 8.47. The molecule has 0 aliphatic carbocycles. The Labute approximate surface area is 162 Å². The number of methoxy groups -OCH3 is 3. The number of nitrogens with zero attached hydrogens (tertiary/aromatic N) is 3. The predicted molar refractivity (Wildman–Crippen MR) is 104 cm³/mol. The molecule has 3 aromatic rings. The second-order valence-corrected chi connectivity index (χ2v) is 5.94. The fraction of sp³-hybridized carbons (Fsp3) is 0.190. The van der Waals surface area contributed by atoms with Gasteiger partial charge >= 0.3 is 0 Å². The summed E-state index contributed by atoms with van der Waals surface area (Å²) >= 11 is 0. The van der Waals surface area contributed by atoms with Crippen LogP contribution in [-0.4, -0.2) is 31.1 Å². The van der Waals surface area contributed by atoms with Gasteiger partial charge in [-0.15, -0.1) is 0 Å². The van der Waals surface area contributed by atoms with E-state index in [9.17, 15) is 4.79 Å². The predicted octanol–water partition coefficient (Wildman–Crippen LogP) is 2.86. The van der Waals surface area contributed by atoms with Gasteiger partial charge in [-0.05, 0) is 35.9 Å². The first-order chi connectivity index (χ1) is 13.6. The molecular weight excluding hydrogens is 358 g/mol. The van der Waals surface area contributed by atoms with Crippen LogP contribution >= 0.6 is 0 Å². The Balaban J connectivity index is 2.01. The van der Waals surface area contributed by atoms with Crippen LogP contribution in [0.3, 0.4) is 0 Å². The summed E-state index contributed by atoms with van der Waals surface area (Å²) < 4.78 is 17.5. The van der Waals surface area contributed by atoms with E-state index in [1.54, 1.807) is 56.7 Å². The molecule has 1 heterocycles. The van der Waals surface area contributed by atoms with Gasteiger partial charge in [-0.3, -0.25) is 4.79 Å². The second kappa shape index (κ2) is 8.27. The molecular formula is C21H19N3O4. The molecule has 7 nitrogen and oxygen atoms in total. The van der Waals surface area contributed by atoms with Crippen molar-refractivity contribution in [2.75, 3.05) is 21.3 Å². The molecule has 0 bridgehead atoms. The number of aromatic nitrogens is 2. The summed E-state index contributed by atoms with van der Waals surface area (Å²) in [5.41, 5.74) is 2.53. The Bertz CT molecular complexity index is 1060. The topological polar surface area (TPSA) is 86.4 Å². The Morgan fingerprint density at radius 1 is 0.964 bits per heavy atom. The number of hydrogen-bond donors (Lipinski definition) is 0. The zero-order valence-corrected chi connectivity index (χ0v) is 15.8. The molecule has 28 heavy (non-hydrogen) atoms. The van der Waals surface area contributed by atoms with Gasteiger partial charge in [0.2, 0.25) is 5.75 Å². The van der Waals surface area contributed by atoms with Gasteiger partial charge in [0, 0.05) is 11.6 Å². The highest BCUT2D eigenvalue weighted by molar-refractivity contribution is 5.68. The molecule has 0 atom stereocenters. The second-order valence-electron chi connectivity index (χ2n) is 5.94. The molecule has 2 aromatic carbocycles. The van der Waals surface area contributed by atoms with Crippen molar-refractivity contribution in [2.24, 2.45) is 0 Å². The van der Waals surface area contributed by atoms with Gasteiger partial charge in [0.25, 0.3) is 5.56 Å². The molecule has 0 spiro atoms.